The molecule has 44 heavy (non-hydrogen) atoms. The van der Waals surface area contributed by atoms with E-state index in [-0.39, 0.29) is 16.9 Å². The van der Waals surface area contributed by atoms with Crippen LogP contribution in [0.3, 0.4) is 0 Å². The highest BCUT2D eigenvalue weighted by molar-refractivity contribution is 5.99. The highest BCUT2D eigenvalue weighted by Gasteiger charge is 2.32. The minimum atomic E-state index is -0.296. The van der Waals surface area contributed by atoms with E-state index in [1.807, 2.05) is 60.7 Å². The van der Waals surface area contributed by atoms with E-state index in [9.17, 15) is 4.79 Å². The van der Waals surface area contributed by atoms with Crippen LogP contribution in [-0.2, 0) is 9.53 Å². The van der Waals surface area contributed by atoms with E-state index in [2.05, 4.69) is 61.7 Å². The average molecular weight is 599 g/mol. The standard InChI is InChI=1S/C37H50N4O3/c1-28(2)35(42)44-27-17-13-11-9-8-10-12-16-26-43-30-22-20-29(21-23-30)38-39-33-24-25-34(32-19-15-14-18-31(32)33)40-41-37(6,7)36(3,4)5/h14-15,18-25H,1,8-13,16-17,26-27H2,2-7H3/b39-38+,41-40+. The maximum atomic E-state index is 11.3. The van der Waals surface area contributed by atoms with E-state index in [1.165, 1.54) is 25.7 Å². The number of esters is 1. The molecule has 0 bridgehead atoms. The van der Waals surface area contributed by atoms with Gasteiger partial charge in [-0.15, -0.1) is 5.11 Å². The molecule has 0 amide bonds. The van der Waals surface area contributed by atoms with Crippen LogP contribution in [0.15, 0.2) is 93.3 Å². The summed E-state index contributed by atoms with van der Waals surface area (Å²) in [7, 11) is 0. The lowest BCUT2D eigenvalue weighted by molar-refractivity contribution is -0.139. The topological polar surface area (TPSA) is 85.0 Å². The molecule has 0 radical (unpaired) electrons. The summed E-state index contributed by atoms with van der Waals surface area (Å²) in [6.07, 6.45) is 9.03. The number of hydrogen-bond acceptors (Lipinski definition) is 7. The first-order valence-corrected chi connectivity index (χ1v) is 15.9. The van der Waals surface area contributed by atoms with Crippen molar-refractivity contribution >= 4 is 33.8 Å². The van der Waals surface area contributed by atoms with Crippen molar-refractivity contribution in [2.45, 2.75) is 98.4 Å². The number of hydrogen-bond donors (Lipinski definition) is 0. The summed E-state index contributed by atoms with van der Waals surface area (Å²) in [6.45, 7) is 17.2. The van der Waals surface area contributed by atoms with E-state index >= 15 is 0 Å². The molecule has 3 rings (SSSR count). The van der Waals surface area contributed by atoms with Crippen LogP contribution >= 0.6 is 0 Å². The van der Waals surface area contributed by atoms with Crippen molar-refractivity contribution in [3.8, 4) is 5.75 Å². The van der Waals surface area contributed by atoms with Crippen molar-refractivity contribution in [1.82, 2.24) is 0 Å². The number of azo groups is 2. The Labute approximate surface area is 263 Å². The molecule has 0 saturated carbocycles. The van der Waals surface area contributed by atoms with E-state index in [1.54, 1.807) is 6.92 Å². The normalized spacial score (nSPS) is 12.3. The molecule has 0 aliphatic heterocycles. The molecule has 3 aromatic rings. The first-order chi connectivity index (χ1) is 21.0. The lowest BCUT2D eigenvalue weighted by atomic mass is 9.77. The van der Waals surface area contributed by atoms with E-state index < -0.39 is 0 Å². The second kappa shape index (κ2) is 16.8. The smallest absolute Gasteiger partial charge is 0.333 e. The highest BCUT2D eigenvalue weighted by Crippen LogP contribution is 2.38. The van der Waals surface area contributed by atoms with Crippen molar-refractivity contribution in [3.05, 3.63) is 72.8 Å². The van der Waals surface area contributed by atoms with Crippen LogP contribution in [0.4, 0.5) is 17.1 Å². The monoisotopic (exact) mass is 598 g/mol. The van der Waals surface area contributed by atoms with Crippen LogP contribution in [0.1, 0.15) is 92.9 Å². The molecule has 0 N–H and O–H groups in total. The number of unbranched alkanes of at least 4 members (excludes halogenated alkanes) is 7. The Morgan fingerprint density at radius 3 is 1.75 bits per heavy atom. The largest absolute Gasteiger partial charge is 0.494 e. The quantitative estimate of drug-likeness (QED) is 0.0670. The number of carbonyl (C=O) groups is 1. The van der Waals surface area contributed by atoms with Gasteiger partial charge in [-0.2, -0.15) is 15.3 Å². The Morgan fingerprint density at radius 1 is 0.682 bits per heavy atom. The van der Waals surface area contributed by atoms with Crippen LogP contribution in [0, 0.1) is 5.41 Å². The zero-order chi connectivity index (χ0) is 32.0. The molecule has 236 valence electrons. The van der Waals surface area contributed by atoms with Crippen LogP contribution in [0.25, 0.3) is 10.8 Å². The van der Waals surface area contributed by atoms with Gasteiger partial charge in [0.15, 0.2) is 0 Å². The number of fused-ring (bicyclic) bond motifs is 1. The zero-order valence-corrected chi connectivity index (χ0v) is 27.6. The third-order valence-electron chi connectivity index (χ3n) is 8.12. The number of rotatable bonds is 17. The Balaban J connectivity index is 1.41. The molecule has 0 aliphatic rings. The Kier molecular flexibility index (Phi) is 13.2. The molecular weight excluding hydrogens is 548 g/mol. The lowest BCUT2D eigenvalue weighted by Gasteiger charge is -2.33. The molecular formula is C37H50N4O3. The fourth-order valence-electron chi connectivity index (χ4n) is 4.23. The van der Waals surface area contributed by atoms with Crippen molar-refractivity contribution in [1.29, 1.82) is 0 Å². The molecule has 7 heteroatoms. The van der Waals surface area contributed by atoms with Gasteiger partial charge in [-0.25, -0.2) is 4.79 Å². The van der Waals surface area contributed by atoms with Gasteiger partial charge in [0.2, 0.25) is 0 Å². The molecule has 0 heterocycles. The van der Waals surface area contributed by atoms with Crippen molar-refractivity contribution < 1.29 is 14.3 Å². The van der Waals surface area contributed by atoms with Crippen LogP contribution in [0.5, 0.6) is 5.75 Å². The summed E-state index contributed by atoms with van der Waals surface area (Å²) in [5.41, 5.74) is 2.55. The van der Waals surface area contributed by atoms with E-state index in [0.717, 1.165) is 59.3 Å². The van der Waals surface area contributed by atoms with Gasteiger partial charge in [-0.1, -0.05) is 90.1 Å². The number of carbonyl (C=O) groups excluding carboxylic acids is 1. The summed E-state index contributed by atoms with van der Waals surface area (Å²) in [4.78, 5) is 11.3. The third kappa shape index (κ3) is 11.0. The van der Waals surface area contributed by atoms with Crippen LogP contribution < -0.4 is 4.74 Å². The van der Waals surface area contributed by atoms with E-state index in [4.69, 9.17) is 9.47 Å². The summed E-state index contributed by atoms with van der Waals surface area (Å²) in [6, 6.07) is 19.8. The molecule has 3 aromatic carbocycles. The Bertz CT molecular complexity index is 1420. The molecule has 0 saturated heterocycles. The molecule has 0 unspecified atom stereocenters. The molecule has 7 nitrogen and oxygen atoms in total. The predicted octanol–water partition coefficient (Wildman–Crippen LogP) is 11.8. The van der Waals surface area contributed by atoms with Gasteiger partial charge in [0.05, 0.1) is 35.8 Å². The van der Waals surface area contributed by atoms with Gasteiger partial charge >= 0.3 is 5.97 Å². The molecule has 0 spiro atoms. The van der Waals surface area contributed by atoms with Crippen molar-refractivity contribution in [2.24, 2.45) is 25.9 Å². The SMILES string of the molecule is C=C(C)C(=O)OCCCCCCCCCCOc1ccc(/N=N/c2ccc(/N=N/C(C)(C)C(C)(C)C)c3ccccc23)cc1. The van der Waals surface area contributed by atoms with E-state index in [0.29, 0.717) is 18.8 Å². The van der Waals surface area contributed by atoms with Gasteiger partial charge in [0, 0.05) is 16.3 Å². The maximum absolute atomic E-state index is 11.3. The maximum Gasteiger partial charge on any atom is 0.333 e. The minimum Gasteiger partial charge on any atom is -0.494 e. The summed E-state index contributed by atoms with van der Waals surface area (Å²) in [5.74, 6) is 0.551. The zero-order valence-electron chi connectivity index (χ0n) is 27.6. The first kappa shape index (κ1) is 34.6. The predicted molar refractivity (Wildman–Crippen MR) is 181 cm³/mol. The van der Waals surface area contributed by atoms with Crippen molar-refractivity contribution in [3.63, 3.8) is 0 Å². The highest BCUT2D eigenvalue weighted by atomic mass is 16.5. The molecule has 0 fully saturated rings. The van der Waals surface area contributed by atoms with Crippen molar-refractivity contribution in [2.75, 3.05) is 13.2 Å². The fraction of sp³-hybridized carbons (Fsp3) is 0.486. The number of benzene rings is 3. The lowest BCUT2D eigenvalue weighted by Crippen LogP contribution is -2.34. The first-order valence-electron chi connectivity index (χ1n) is 15.9. The average Bonchev–Trinajstić information content (AvgIpc) is 2.99. The Morgan fingerprint density at radius 2 is 1.20 bits per heavy atom. The summed E-state index contributed by atoms with van der Waals surface area (Å²) >= 11 is 0. The van der Waals surface area contributed by atoms with Gasteiger partial charge in [-0.05, 0) is 75.4 Å². The number of ether oxygens (including phenoxy) is 2. The van der Waals surface area contributed by atoms with Gasteiger partial charge in [0.1, 0.15) is 5.75 Å². The second-order valence-electron chi connectivity index (χ2n) is 12.9. The van der Waals surface area contributed by atoms with Gasteiger partial charge in [0.25, 0.3) is 0 Å². The fourth-order valence-corrected chi connectivity index (χ4v) is 4.23. The summed E-state index contributed by atoms with van der Waals surface area (Å²) < 4.78 is 11.1. The second-order valence-corrected chi connectivity index (χ2v) is 12.9. The summed E-state index contributed by atoms with van der Waals surface area (Å²) in [5, 5.41) is 20.4. The molecule has 0 aliphatic carbocycles. The van der Waals surface area contributed by atoms with Crippen LogP contribution in [0.2, 0.25) is 0 Å². The molecule has 0 aromatic heterocycles. The van der Waals surface area contributed by atoms with Gasteiger partial charge in [-0.3, -0.25) is 0 Å². The molecule has 0 atom stereocenters. The third-order valence-corrected chi connectivity index (χ3v) is 8.12. The van der Waals surface area contributed by atoms with Gasteiger partial charge < -0.3 is 9.47 Å². The number of nitrogens with zero attached hydrogens (tertiary/aromatic N) is 4. The Hall–Kier alpha value is -3.87. The van der Waals surface area contributed by atoms with Crippen LogP contribution in [-0.4, -0.2) is 24.7 Å². The minimum absolute atomic E-state index is 0.00541.